The number of hydrogen-bond acceptors (Lipinski definition) is 3. The normalized spacial score (nSPS) is 22.2. The van der Waals surface area contributed by atoms with Crippen molar-refractivity contribution in [1.82, 2.24) is 5.43 Å². The van der Waals surface area contributed by atoms with Crippen LogP contribution in [0.2, 0.25) is 0 Å². The molecule has 0 saturated heterocycles. The number of rotatable bonds is 5. The molecule has 1 aliphatic rings. The van der Waals surface area contributed by atoms with Gasteiger partial charge in [-0.25, -0.2) is 0 Å². The monoisotopic (exact) mass is 274 g/mol. The standard InChI is InChI=1S/C17H26N2O/c1-20-17(15-12-8-5-9-13-15)16(19-18)14-10-6-3-2-4-7-11-14/h5,8-10,12-13,16-17,19H,2-4,6-7,11,18H2,1H3/b14-10+. The molecule has 0 fully saturated rings. The Hall–Kier alpha value is -1.16. The van der Waals surface area contributed by atoms with Crippen LogP contribution in [0.25, 0.3) is 0 Å². The summed E-state index contributed by atoms with van der Waals surface area (Å²) in [5.74, 6) is 5.84. The quantitative estimate of drug-likeness (QED) is 0.491. The van der Waals surface area contributed by atoms with E-state index in [1.54, 1.807) is 7.11 Å². The van der Waals surface area contributed by atoms with Gasteiger partial charge in [-0.1, -0.05) is 54.8 Å². The summed E-state index contributed by atoms with van der Waals surface area (Å²) in [5, 5.41) is 0. The SMILES string of the molecule is COC(c1ccccc1)C(NN)/C1=C/CCCCCC1. The average Bonchev–Trinajstić information content (AvgIpc) is 2.46. The summed E-state index contributed by atoms with van der Waals surface area (Å²) in [6, 6.07) is 10.4. The Morgan fingerprint density at radius 3 is 2.55 bits per heavy atom. The van der Waals surface area contributed by atoms with Crippen LogP contribution >= 0.6 is 0 Å². The van der Waals surface area contributed by atoms with Crippen molar-refractivity contribution in [1.29, 1.82) is 0 Å². The maximum absolute atomic E-state index is 5.84. The average molecular weight is 274 g/mol. The molecule has 20 heavy (non-hydrogen) atoms. The van der Waals surface area contributed by atoms with Gasteiger partial charge < -0.3 is 4.74 Å². The van der Waals surface area contributed by atoms with Crippen LogP contribution in [0.15, 0.2) is 42.0 Å². The Morgan fingerprint density at radius 1 is 1.10 bits per heavy atom. The number of hydrogen-bond donors (Lipinski definition) is 2. The van der Waals surface area contributed by atoms with Gasteiger partial charge in [0, 0.05) is 7.11 Å². The van der Waals surface area contributed by atoms with Crippen molar-refractivity contribution in [2.24, 2.45) is 5.84 Å². The van der Waals surface area contributed by atoms with Gasteiger partial charge in [0.1, 0.15) is 6.10 Å². The second-order valence-corrected chi connectivity index (χ2v) is 5.44. The Balaban J connectivity index is 2.20. The minimum Gasteiger partial charge on any atom is -0.375 e. The number of methoxy groups -OCH3 is 1. The Morgan fingerprint density at radius 2 is 1.85 bits per heavy atom. The highest BCUT2D eigenvalue weighted by molar-refractivity contribution is 5.24. The fraction of sp³-hybridized carbons (Fsp3) is 0.529. The molecule has 0 saturated carbocycles. The van der Waals surface area contributed by atoms with E-state index in [1.165, 1.54) is 36.8 Å². The summed E-state index contributed by atoms with van der Waals surface area (Å²) in [6.45, 7) is 0. The lowest BCUT2D eigenvalue weighted by Gasteiger charge is -2.29. The Bertz CT molecular complexity index is 416. The summed E-state index contributed by atoms with van der Waals surface area (Å²) in [5.41, 5.74) is 5.54. The molecular weight excluding hydrogens is 248 g/mol. The van der Waals surface area contributed by atoms with Crippen LogP contribution in [0.4, 0.5) is 0 Å². The zero-order chi connectivity index (χ0) is 14.2. The molecule has 3 N–H and O–H groups in total. The second-order valence-electron chi connectivity index (χ2n) is 5.44. The van der Waals surface area contributed by atoms with Crippen LogP contribution < -0.4 is 11.3 Å². The van der Waals surface area contributed by atoms with Crippen molar-refractivity contribution in [2.45, 2.75) is 50.7 Å². The van der Waals surface area contributed by atoms with Crippen LogP contribution in [0.5, 0.6) is 0 Å². The molecule has 3 heteroatoms. The van der Waals surface area contributed by atoms with E-state index in [-0.39, 0.29) is 12.1 Å². The van der Waals surface area contributed by atoms with Gasteiger partial charge in [0.05, 0.1) is 6.04 Å². The van der Waals surface area contributed by atoms with E-state index in [2.05, 4.69) is 23.6 Å². The molecule has 1 aromatic carbocycles. The van der Waals surface area contributed by atoms with Crippen molar-refractivity contribution in [3.63, 3.8) is 0 Å². The van der Waals surface area contributed by atoms with E-state index in [4.69, 9.17) is 10.6 Å². The van der Waals surface area contributed by atoms with Gasteiger partial charge in [0.2, 0.25) is 0 Å². The maximum Gasteiger partial charge on any atom is 0.102 e. The van der Waals surface area contributed by atoms with Crippen molar-refractivity contribution in [3.8, 4) is 0 Å². The summed E-state index contributed by atoms with van der Waals surface area (Å²) < 4.78 is 5.73. The fourth-order valence-corrected chi connectivity index (χ4v) is 3.00. The largest absolute Gasteiger partial charge is 0.375 e. The van der Waals surface area contributed by atoms with E-state index in [0.717, 1.165) is 12.8 Å². The highest BCUT2D eigenvalue weighted by Crippen LogP contribution is 2.29. The second kappa shape index (κ2) is 8.20. The summed E-state index contributed by atoms with van der Waals surface area (Å²) >= 11 is 0. The molecule has 2 rings (SSSR count). The third-order valence-corrected chi connectivity index (χ3v) is 4.09. The Labute approximate surface area is 122 Å². The first-order chi connectivity index (χ1) is 9.86. The number of nitrogens with two attached hydrogens (primary N) is 1. The molecule has 1 aliphatic carbocycles. The van der Waals surface area contributed by atoms with Crippen LogP contribution in [0, 0.1) is 0 Å². The molecule has 0 aromatic heterocycles. The molecule has 2 atom stereocenters. The molecule has 0 radical (unpaired) electrons. The molecule has 3 nitrogen and oxygen atoms in total. The molecule has 0 spiro atoms. The van der Waals surface area contributed by atoms with Crippen LogP contribution in [-0.2, 0) is 4.74 Å². The van der Waals surface area contributed by atoms with Gasteiger partial charge >= 0.3 is 0 Å². The molecule has 0 amide bonds. The Kier molecular flexibility index (Phi) is 6.25. The molecule has 110 valence electrons. The summed E-state index contributed by atoms with van der Waals surface area (Å²) in [7, 11) is 1.76. The lowest BCUT2D eigenvalue weighted by molar-refractivity contribution is 0.0774. The van der Waals surface area contributed by atoms with Crippen molar-refractivity contribution < 1.29 is 4.74 Å². The number of nitrogens with one attached hydrogen (secondary N) is 1. The first-order valence-corrected chi connectivity index (χ1v) is 7.59. The van der Waals surface area contributed by atoms with E-state index >= 15 is 0 Å². The molecule has 2 unspecified atom stereocenters. The van der Waals surface area contributed by atoms with Crippen LogP contribution in [0.1, 0.15) is 50.2 Å². The predicted octanol–water partition coefficient (Wildman–Crippen LogP) is 3.49. The molecule has 0 aliphatic heterocycles. The molecule has 1 aromatic rings. The van der Waals surface area contributed by atoms with Gasteiger partial charge in [0.15, 0.2) is 0 Å². The molecule has 0 heterocycles. The molecular formula is C17H26N2O. The van der Waals surface area contributed by atoms with E-state index in [1.807, 2.05) is 18.2 Å². The number of ether oxygens (including phenoxy) is 1. The maximum atomic E-state index is 5.84. The first-order valence-electron chi connectivity index (χ1n) is 7.59. The number of hydrazine groups is 1. The van der Waals surface area contributed by atoms with Crippen LogP contribution in [0.3, 0.4) is 0 Å². The van der Waals surface area contributed by atoms with Crippen molar-refractivity contribution in [2.75, 3.05) is 7.11 Å². The smallest absolute Gasteiger partial charge is 0.102 e. The third kappa shape index (κ3) is 3.92. The first kappa shape index (κ1) is 15.2. The predicted molar refractivity (Wildman–Crippen MR) is 83.1 cm³/mol. The van der Waals surface area contributed by atoms with E-state index in [9.17, 15) is 0 Å². The highest BCUT2D eigenvalue weighted by Gasteiger charge is 2.25. The van der Waals surface area contributed by atoms with Gasteiger partial charge in [0.25, 0.3) is 0 Å². The minimum atomic E-state index is -0.0353. The summed E-state index contributed by atoms with van der Waals surface area (Å²) in [6.07, 6.45) is 9.78. The van der Waals surface area contributed by atoms with Gasteiger partial charge in [-0.3, -0.25) is 11.3 Å². The third-order valence-electron chi connectivity index (χ3n) is 4.09. The van der Waals surface area contributed by atoms with Gasteiger partial charge in [-0.2, -0.15) is 0 Å². The van der Waals surface area contributed by atoms with Crippen LogP contribution in [-0.4, -0.2) is 13.2 Å². The summed E-state index contributed by atoms with van der Waals surface area (Å²) in [4.78, 5) is 0. The zero-order valence-corrected chi connectivity index (χ0v) is 12.3. The highest BCUT2D eigenvalue weighted by atomic mass is 16.5. The molecule has 0 bridgehead atoms. The number of allylic oxidation sites excluding steroid dienone is 1. The van der Waals surface area contributed by atoms with E-state index in [0.29, 0.717) is 0 Å². The minimum absolute atomic E-state index is 0.0353. The topological polar surface area (TPSA) is 47.3 Å². The van der Waals surface area contributed by atoms with Gasteiger partial charge in [-0.15, -0.1) is 0 Å². The van der Waals surface area contributed by atoms with Crippen molar-refractivity contribution in [3.05, 3.63) is 47.5 Å². The number of benzene rings is 1. The fourth-order valence-electron chi connectivity index (χ4n) is 3.00. The zero-order valence-electron chi connectivity index (χ0n) is 12.3. The van der Waals surface area contributed by atoms with E-state index < -0.39 is 0 Å². The lowest BCUT2D eigenvalue weighted by atomic mass is 9.90. The van der Waals surface area contributed by atoms with Gasteiger partial charge in [-0.05, 0) is 31.2 Å². The lowest BCUT2D eigenvalue weighted by Crippen LogP contribution is -2.42. The van der Waals surface area contributed by atoms with Crippen molar-refractivity contribution >= 4 is 0 Å².